The predicted octanol–water partition coefficient (Wildman–Crippen LogP) is 2.85. The summed E-state index contributed by atoms with van der Waals surface area (Å²) < 4.78 is 0. The Bertz CT molecular complexity index is 495. The Morgan fingerprint density at radius 3 is 2.35 bits per heavy atom. The highest BCUT2D eigenvalue weighted by atomic mass is 16.4. The quantitative estimate of drug-likeness (QED) is 0.919. The molecule has 0 radical (unpaired) electrons. The smallest absolute Gasteiger partial charge is 0.307 e. The SMILES string of the molecule is CCN(C(=O)[C@@H]1CCC[C@@H]1C(=O)O)c1ccc(C)cc1. The van der Waals surface area contributed by atoms with Gasteiger partial charge in [0.1, 0.15) is 0 Å². The molecule has 0 aromatic heterocycles. The van der Waals surface area contributed by atoms with Crippen LogP contribution >= 0.6 is 0 Å². The Kier molecular flexibility index (Phi) is 4.42. The van der Waals surface area contributed by atoms with Crippen LogP contribution in [0.5, 0.6) is 0 Å². The van der Waals surface area contributed by atoms with Gasteiger partial charge in [0.05, 0.1) is 11.8 Å². The fraction of sp³-hybridized carbons (Fsp3) is 0.500. The molecule has 1 fully saturated rings. The lowest BCUT2D eigenvalue weighted by Gasteiger charge is -2.26. The van der Waals surface area contributed by atoms with Crippen LogP contribution in [-0.2, 0) is 9.59 Å². The molecule has 4 nitrogen and oxygen atoms in total. The van der Waals surface area contributed by atoms with Crippen molar-refractivity contribution in [2.24, 2.45) is 11.8 Å². The second kappa shape index (κ2) is 6.07. The minimum absolute atomic E-state index is 0.0544. The summed E-state index contributed by atoms with van der Waals surface area (Å²) in [6.07, 6.45) is 2.11. The van der Waals surface area contributed by atoms with E-state index in [1.807, 2.05) is 38.1 Å². The van der Waals surface area contributed by atoms with Gasteiger partial charge in [-0.15, -0.1) is 0 Å². The Hall–Kier alpha value is -1.84. The number of carbonyl (C=O) groups excluding carboxylic acids is 1. The van der Waals surface area contributed by atoms with E-state index in [4.69, 9.17) is 0 Å². The fourth-order valence-electron chi connectivity index (χ4n) is 2.94. The lowest BCUT2D eigenvalue weighted by molar-refractivity contribution is -0.145. The van der Waals surface area contributed by atoms with Crippen molar-refractivity contribution in [3.05, 3.63) is 29.8 Å². The summed E-state index contributed by atoms with van der Waals surface area (Å²) in [5, 5.41) is 9.22. The Balaban J connectivity index is 2.21. The summed E-state index contributed by atoms with van der Waals surface area (Å²) in [6.45, 7) is 4.48. The summed E-state index contributed by atoms with van der Waals surface area (Å²) in [7, 11) is 0. The maximum atomic E-state index is 12.6. The number of benzene rings is 1. The van der Waals surface area contributed by atoms with Crippen LogP contribution in [-0.4, -0.2) is 23.5 Å². The minimum Gasteiger partial charge on any atom is -0.481 e. The number of amides is 1. The van der Waals surface area contributed by atoms with Gasteiger partial charge >= 0.3 is 5.97 Å². The Labute approximate surface area is 119 Å². The molecule has 0 aliphatic heterocycles. The maximum absolute atomic E-state index is 12.6. The molecule has 1 aromatic rings. The second-order valence-electron chi connectivity index (χ2n) is 5.40. The summed E-state index contributed by atoms with van der Waals surface area (Å²) in [6, 6.07) is 7.77. The van der Waals surface area contributed by atoms with Gasteiger partial charge in [0.25, 0.3) is 0 Å². The highest BCUT2D eigenvalue weighted by molar-refractivity contribution is 5.97. The monoisotopic (exact) mass is 275 g/mol. The number of aliphatic carboxylic acids is 1. The number of carboxylic acids is 1. The van der Waals surface area contributed by atoms with E-state index in [1.54, 1.807) is 4.90 Å². The molecule has 0 bridgehead atoms. The van der Waals surface area contributed by atoms with Gasteiger partial charge in [-0.25, -0.2) is 0 Å². The van der Waals surface area contributed by atoms with E-state index in [0.717, 1.165) is 17.7 Å². The number of nitrogens with zero attached hydrogens (tertiary/aromatic N) is 1. The molecule has 2 rings (SSSR count). The van der Waals surface area contributed by atoms with Crippen LogP contribution in [0.2, 0.25) is 0 Å². The van der Waals surface area contributed by atoms with E-state index in [1.165, 1.54) is 0 Å². The molecule has 108 valence electrons. The van der Waals surface area contributed by atoms with Gasteiger partial charge in [-0.3, -0.25) is 9.59 Å². The summed E-state index contributed by atoms with van der Waals surface area (Å²) >= 11 is 0. The van der Waals surface area contributed by atoms with Crippen molar-refractivity contribution >= 4 is 17.6 Å². The van der Waals surface area contributed by atoms with Crippen LogP contribution in [0.15, 0.2) is 24.3 Å². The first-order valence-electron chi connectivity index (χ1n) is 7.15. The number of carboxylic acid groups (broad SMARTS) is 1. The first-order chi connectivity index (χ1) is 9.54. The summed E-state index contributed by atoms with van der Waals surface area (Å²) in [5.74, 6) is -1.81. The van der Waals surface area contributed by atoms with Gasteiger partial charge in [0, 0.05) is 12.2 Å². The second-order valence-corrected chi connectivity index (χ2v) is 5.40. The van der Waals surface area contributed by atoms with E-state index < -0.39 is 11.9 Å². The third kappa shape index (κ3) is 2.84. The normalized spacial score (nSPS) is 21.7. The summed E-state index contributed by atoms with van der Waals surface area (Å²) in [4.78, 5) is 25.6. The van der Waals surface area contributed by atoms with Crippen LogP contribution < -0.4 is 4.90 Å². The lowest BCUT2D eigenvalue weighted by Crippen LogP contribution is -2.39. The molecule has 0 heterocycles. The van der Waals surface area contributed by atoms with Crippen molar-refractivity contribution in [1.29, 1.82) is 0 Å². The number of hydrogen-bond donors (Lipinski definition) is 1. The van der Waals surface area contributed by atoms with E-state index in [9.17, 15) is 14.7 Å². The maximum Gasteiger partial charge on any atom is 0.307 e. The van der Waals surface area contributed by atoms with Crippen molar-refractivity contribution in [1.82, 2.24) is 0 Å². The van der Waals surface area contributed by atoms with Crippen LogP contribution in [0.25, 0.3) is 0 Å². The highest BCUT2D eigenvalue weighted by Gasteiger charge is 2.39. The number of hydrogen-bond acceptors (Lipinski definition) is 2. The molecule has 0 unspecified atom stereocenters. The van der Waals surface area contributed by atoms with Gasteiger partial charge in [0.15, 0.2) is 0 Å². The molecule has 1 saturated carbocycles. The zero-order chi connectivity index (χ0) is 14.7. The third-order valence-corrected chi connectivity index (χ3v) is 4.08. The van der Waals surface area contributed by atoms with Gasteiger partial charge in [-0.05, 0) is 38.8 Å². The van der Waals surface area contributed by atoms with Crippen molar-refractivity contribution in [2.45, 2.75) is 33.1 Å². The molecule has 4 heteroatoms. The fourth-order valence-corrected chi connectivity index (χ4v) is 2.94. The molecule has 1 amide bonds. The van der Waals surface area contributed by atoms with Crippen molar-refractivity contribution in [3.8, 4) is 0 Å². The van der Waals surface area contributed by atoms with Gasteiger partial charge in [-0.2, -0.15) is 0 Å². The average molecular weight is 275 g/mol. The highest BCUT2D eigenvalue weighted by Crippen LogP contribution is 2.34. The zero-order valence-electron chi connectivity index (χ0n) is 12.0. The lowest BCUT2D eigenvalue weighted by atomic mass is 9.94. The van der Waals surface area contributed by atoms with Gasteiger partial charge in [0.2, 0.25) is 5.91 Å². The molecule has 1 aliphatic rings. The molecule has 2 atom stereocenters. The summed E-state index contributed by atoms with van der Waals surface area (Å²) in [5.41, 5.74) is 1.99. The Morgan fingerprint density at radius 2 is 1.80 bits per heavy atom. The molecular weight excluding hydrogens is 254 g/mol. The minimum atomic E-state index is -0.846. The topological polar surface area (TPSA) is 57.6 Å². The molecule has 0 saturated heterocycles. The van der Waals surface area contributed by atoms with Gasteiger partial charge in [-0.1, -0.05) is 24.1 Å². The van der Waals surface area contributed by atoms with E-state index >= 15 is 0 Å². The van der Waals surface area contributed by atoms with Crippen molar-refractivity contribution in [3.63, 3.8) is 0 Å². The number of carbonyl (C=O) groups is 2. The van der Waals surface area contributed by atoms with E-state index in [0.29, 0.717) is 19.4 Å². The zero-order valence-corrected chi connectivity index (χ0v) is 12.0. The standard InChI is InChI=1S/C16H21NO3/c1-3-17(12-9-7-11(2)8-10-12)15(18)13-5-4-6-14(13)16(19)20/h7-10,13-14H,3-6H2,1-2H3,(H,19,20)/t13-,14+/m1/s1. The molecule has 1 N–H and O–H groups in total. The molecule has 1 aliphatic carbocycles. The van der Waals surface area contributed by atoms with Crippen LogP contribution in [0.4, 0.5) is 5.69 Å². The predicted molar refractivity (Wildman–Crippen MR) is 77.7 cm³/mol. The molecule has 0 spiro atoms. The van der Waals surface area contributed by atoms with Gasteiger partial charge < -0.3 is 10.0 Å². The first kappa shape index (κ1) is 14.6. The number of rotatable bonds is 4. The largest absolute Gasteiger partial charge is 0.481 e. The third-order valence-electron chi connectivity index (χ3n) is 4.08. The molecule has 1 aromatic carbocycles. The van der Waals surface area contributed by atoms with Crippen LogP contribution in [0.1, 0.15) is 31.7 Å². The van der Waals surface area contributed by atoms with Crippen molar-refractivity contribution < 1.29 is 14.7 Å². The van der Waals surface area contributed by atoms with Crippen LogP contribution in [0.3, 0.4) is 0 Å². The van der Waals surface area contributed by atoms with Crippen molar-refractivity contribution in [2.75, 3.05) is 11.4 Å². The van der Waals surface area contributed by atoms with Crippen LogP contribution in [0, 0.1) is 18.8 Å². The molecule has 20 heavy (non-hydrogen) atoms. The average Bonchev–Trinajstić information content (AvgIpc) is 2.91. The van der Waals surface area contributed by atoms with E-state index in [2.05, 4.69) is 0 Å². The van der Waals surface area contributed by atoms with E-state index in [-0.39, 0.29) is 11.8 Å². The Morgan fingerprint density at radius 1 is 1.20 bits per heavy atom. The first-order valence-corrected chi connectivity index (χ1v) is 7.15. The number of aryl methyl sites for hydroxylation is 1. The molecular formula is C16H21NO3. The number of anilines is 1.